The van der Waals surface area contributed by atoms with Gasteiger partial charge in [-0.15, -0.1) is 0 Å². The van der Waals surface area contributed by atoms with E-state index >= 15 is 0 Å². The molecular formula is C12H22O3. The average Bonchev–Trinajstić information content (AvgIpc) is 2.24. The fourth-order valence-electron chi connectivity index (χ4n) is 2.30. The van der Waals surface area contributed by atoms with Gasteiger partial charge >= 0.3 is 5.97 Å². The van der Waals surface area contributed by atoms with Gasteiger partial charge in [0.25, 0.3) is 0 Å². The third kappa shape index (κ3) is 4.65. The van der Waals surface area contributed by atoms with Crippen LogP contribution in [0, 0.1) is 5.92 Å². The maximum absolute atomic E-state index is 10.9. The molecule has 0 unspecified atom stereocenters. The summed E-state index contributed by atoms with van der Waals surface area (Å²) >= 11 is 0. The topological polar surface area (TPSA) is 46.5 Å². The molecule has 0 amide bonds. The second-order valence-corrected chi connectivity index (χ2v) is 4.46. The first-order valence-corrected chi connectivity index (χ1v) is 5.99. The summed E-state index contributed by atoms with van der Waals surface area (Å²) in [7, 11) is 1.77. The molecule has 0 saturated heterocycles. The number of hydrogen-bond acceptors (Lipinski definition) is 2. The van der Waals surface area contributed by atoms with Crippen molar-refractivity contribution < 1.29 is 14.6 Å². The second-order valence-electron chi connectivity index (χ2n) is 4.46. The van der Waals surface area contributed by atoms with Crippen LogP contribution in [0.4, 0.5) is 0 Å². The number of carboxylic acid groups (broad SMARTS) is 1. The number of aliphatic carboxylic acids is 1. The van der Waals surface area contributed by atoms with E-state index in [-0.39, 0.29) is 5.92 Å². The maximum atomic E-state index is 10.9. The van der Waals surface area contributed by atoms with Crippen molar-refractivity contribution in [1.82, 2.24) is 0 Å². The van der Waals surface area contributed by atoms with Gasteiger partial charge in [-0.3, -0.25) is 4.79 Å². The van der Waals surface area contributed by atoms with Crippen LogP contribution in [0.25, 0.3) is 0 Å². The second kappa shape index (κ2) is 6.83. The Morgan fingerprint density at radius 3 is 1.93 bits per heavy atom. The van der Waals surface area contributed by atoms with Gasteiger partial charge in [0.15, 0.2) is 0 Å². The molecule has 1 aliphatic carbocycles. The van der Waals surface area contributed by atoms with E-state index < -0.39 is 5.97 Å². The number of carboxylic acids is 1. The van der Waals surface area contributed by atoms with Crippen molar-refractivity contribution in [3.63, 3.8) is 0 Å². The highest BCUT2D eigenvalue weighted by molar-refractivity contribution is 5.69. The smallest absolute Gasteiger partial charge is 0.306 e. The molecule has 1 rings (SSSR count). The third-order valence-electron chi connectivity index (χ3n) is 3.34. The predicted octanol–water partition coefficient (Wildman–Crippen LogP) is 2.84. The summed E-state index contributed by atoms with van der Waals surface area (Å²) in [6.45, 7) is 0. The monoisotopic (exact) mass is 214 g/mol. The SMILES string of the molecule is COC1CCCCC(C(=O)O)CCCC1. The van der Waals surface area contributed by atoms with Crippen molar-refractivity contribution in [3.05, 3.63) is 0 Å². The summed E-state index contributed by atoms with van der Waals surface area (Å²) in [6.07, 6.45) is 8.49. The first kappa shape index (κ1) is 12.5. The van der Waals surface area contributed by atoms with Gasteiger partial charge in [0.2, 0.25) is 0 Å². The van der Waals surface area contributed by atoms with E-state index in [2.05, 4.69) is 0 Å². The van der Waals surface area contributed by atoms with Crippen LogP contribution in [-0.4, -0.2) is 24.3 Å². The zero-order valence-corrected chi connectivity index (χ0v) is 9.58. The largest absolute Gasteiger partial charge is 0.481 e. The minimum absolute atomic E-state index is 0.107. The molecular weight excluding hydrogens is 192 g/mol. The quantitative estimate of drug-likeness (QED) is 0.768. The van der Waals surface area contributed by atoms with Crippen LogP contribution in [0.2, 0.25) is 0 Å². The molecule has 1 N–H and O–H groups in total. The summed E-state index contributed by atoms with van der Waals surface area (Å²) in [4.78, 5) is 10.9. The summed E-state index contributed by atoms with van der Waals surface area (Å²) in [5.41, 5.74) is 0. The van der Waals surface area contributed by atoms with Gasteiger partial charge in [-0.25, -0.2) is 0 Å². The lowest BCUT2D eigenvalue weighted by atomic mass is 9.91. The van der Waals surface area contributed by atoms with Gasteiger partial charge in [-0.1, -0.05) is 25.7 Å². The molecule has 0 radical (unpaired) electrons. The summed E-state index contributed by atoms with van der Waals surface area (Å²) in [6, 6.07) is 0. The molecule has 0 heterocycles. The van der Waals surface area contributed by atoms with Gasteiger partial charge in [0.05, 0.1) is 12.0 Å². The van der Waals surface area contributed by atoms with Gasteiger partial charge < -0.3 is 9.84 Å². The molecule has 0 atom stereocenters. The Kier molecular flexibility index (Phi) is 5.69. The Morgan fingerprint density at radius 1 is 1.07 bits per heavy atom. The normalized spacial score (nSPS) is 29.7. The molecule has 3 heteroatoms. The lowest BCUT2D eigenvalue weighted by molar-refractivity contribution is -0.142. The van der Waals surface area contributed by atoms with Gasteiger partial charge in [0, 0.05) is 7.11 Å². The molecule has 0 spiro atoms. The summed E-state index contributed by atoms with van der Waals surface area (Å²) in [5.74, 6) is -0.719. The highest BCUT2D eigenvalue weighted by Gasteiger charge is 2.18. The molecule has 1 saturated carbocycles. The summed E-state index contributed by atoms with van der Waals surface area (Å²) in [5, 5.41) is 8.99. The number of hydrogen-bond donors (Lipinski definition) is 1. The Labute approximate surface area is 91.8 Å². The predicted molar refractivity (Wildman–Crippen MR) is 58.9 cm³/mol. The summed E-state index contributed by atoms with van der Waals surface area (Å²) < 4.78 is 5.38. The molecule has 0 aromatic carbocycles. The number of carbonyl (C=O) groups is 1. The number of methoxy groups -OCH3 is 1. The van der Waals surface area contributed by atoms with E-state index in [1.54, 1.807) is 7.11 Å². The highest BCUT2D eigenvalue weighted by atomic mass is 16.5. The minimum atomic E-state index is -0.612. The first-order valence-electron chi connectivity index (χ1n) is 5.99. The van der Waals surface area contributed by atoms with E-state index in [4.69, 9.17) is 9.84 Å². The zero-order valence-electron chi connectivity index (χ0n) is 9.58. The van der Waals surface area contributed by atoms with Crippen LogP contribution >= 0.6 is 0 Å². The Morgan fingerprint density at radius 2 is 1.53 bits per heavy atom. The number of ether oxygens (including phenoxy) is 1. The van der Waals surface area contributed by atoms with Crippen LogP contribution in [-0.2, 0) is 9.53 Å². The van der Waals surface area contributed by atoms with Crippen LogP contribution < -0.4 is 0 Å². The third-order valence-corrected chi connectivity index (χ3v) is 3.34. The fraction of sp³-hybridized carbons (Fsp3) is 0.917. The Bertz CT molecular complexity index is 179. The number of rotatable bonds is 2. The molecule has 0 bridgehead atoms. The van der Waals surface area contributed by atoms with E-state index in [0.29, 0.717) is 6.10 Å². The molecule has 1 aliphatic rings. The van der Waals surface area contributed by atoms with Gasteiger partial charge in [-0.05, 0) is 25.7 Å². The fourth-order valence-corrected chi connectivity index (χ4v) is 2.30. The van der Waals surface area contributed by atoms with E-state index in [9.17, 15) is 4.79 Å². The lowest BCUT2D eigenvalue weighted by Gasteiger charge is -2.19. The van der Waals surface area contributed by atoms with Crippen molar-refractivity contribution in [2.24, 2.45) is 5.92 Å². The van der Waals surface area contributed by atoms with Crippen LogP contribution in [0.5, 0.6) is 0 Å². The Hall–Kier alpha value is -0.570. The maximum Gasteiger partial charge on any atom is 0.306 e. The minimum Gasteiger partial charge on any atom is -0.481 e. The van der Waals surface area contributed by atoms with Crippen molar-refractivity contribution in [2.45, 2.75) is 57.5 Å². The molecule has 15 heavy (non-hydrogen) atoms. The van der Waals surface area contributed by atoms with E-state index in [1.807, 2.05) is 0 Å². The highest BCUT2D eigenvalue weighted by Crippen LogP contribution is 2.22. The van der Waals surface area contributed by atoms with E-state index in [0.717, 1.165) is 51.4 Å². The molecule has 0 aliphatic heterocycles. The standard InChI is InChI=1S/C12H22O3/c1-15-11-8-4-2-6-10(12(13)14)7-3-5-9-11/h10-11H,2-9H2,1H3,(H,13,14). The lowest BCUT2D eigenvalue weighted by Crippen LogP contribution is -2.16. The van der Waals surface area contributed by atoms with Crippen LogP contribution in [0.15, 0.2) is 0 Å². The van der Waals surface area contributed by atoms with Crippen molar-refractivity contribution in [2.75, 3.05) is 7.11 Å². The molecule has 3 nitrogen and oxygen atoms in total. The molecule has 88 valence electrons. The average molecular weight is 214 g/mol. The first-order chi connectivity index (χ1) is 7.24. The van der Waals surface area contributed by atoms with Crippen LogP contribution in [0.3, 0.4) is 0 Å². The van der Waals surface area contributed by atoms with Crippen LogP contribution in [0.1, 0.15) is 51.4 Å². The molecule has 0 aromatic heterocycles. The van der Waals surface area contributed by atoms with Crippen molar-refractivity contribution in [3.8, 4) is 0 Å². The van der Waals surface area contributed by atoms with Gasteiger partial charge in [0.1, 0.15) is 0 Å². The zero-order chi connectivity index (χ0) is 11.1. The van der Waals surface area contributed by atoms with Gasteiger partial charge in [-0.2, -0.15) is 0 Å². The van der Waals surface area contributed by atoms with Crippen molar-refractivity contribution in [1.29, 1.82) is 0 Å². The molecule has 1 fully saturated rings. The van der Waals surface area contributed by atoms with Crippen molar-refractivity contribution >= 4 is 5.97 Å². The molecule has 0 aromatic rings. The van der Waals surface area contributed by atoms with E-state index in [1.165, 1.54) is 0 Å². The Balaban J connectivity index is 2.35.